The van der Waals surface area contributed by atoms with Crippen LogP contribution in [-0.4, -0.2) is 54.9 Å². The molecule has 0 bridgehead atoms. The predicted molar refractivity (Wildman–Crippen MR) is 122 cm³/mol. The van der Waals surface area contributed by atoms with Gasteiger partial charge in [-0.05, 0) is 29.7 Å². The summed E-state index contributed by atoms with van der Waals surface area (Å²) in [5.41, 5.74) is 7.41. The molecule has 0 aliphatic carbocycles. The van der Waals surface area contributed by atoms with E-state index in [-0.39, 0.29) is 16.6 Å². The molecule has 1 saturated heterocycles. The molecule has 1 fully saturated rings. The number of hydrogen-bond donors (Lipinski definition) is 4. The number of likely N-dealkylation sites (tertiary alicyclic amines) is 1. The Hall–Kier alpha value is -3.71. The number of sulfonamides is 1. The molecule has 1 amide bonds. The number of carbonyl (C=O) groups is 2. The smallest absolute Gasteiger partial charge is 0.475 e. The van der Waals surface area contributed by atoms with E-state index in [0.717, 1.165) is 5.56 Å². The van der Waals surface area contributed by atoms with Crippen LogP contribution in [-0.2, 0) is 26.2 Å². The lowest BCUT2D eigenvalue weighted by molar-refractivity contribution is -0.192. The molecule has 1 atom stereocenters. The minimum atomic E-state index is -5.08. The van der Waals surface area contributed by atoms with Crippen LogP contribution in [0.1, 0.15) is 23.1 Å². The van der Waals surface area contributed by atoms with Crippen molar-refractivity contribution < 1.29 is 36.3 Å². The van der Waals surface area contributed by atoms with Gasteiger partial charge in [0.1, 0.15) is 11.9 Å². The number of nitrogens with one attached hydrogen (secondary N) is 2. The van der Waals surface area contributed by atoms with Crippen molar-refractivity contribution in [1.82, 2.24) is 9.62 Å². The molecule has 9 nitrogen and oxygen atoms in total. The molecule has 2 aromatic carbocycles. The number of amidine groups is 1. The summed E-state index contributed by atoms with van der Waals surface area (Å²) in [7, 11) is -3.85. The molecule has 188 valence electrons. The van der Waals surface area contributed by atoms with Gasteiger partial charge in [0.05, 0.1) is 4.90 Å². The van der Waals surface area contributed by atoms with Crippen LogP contribution in [0.3, 0.4) is 0 Å². The van der Waals surface area contributed by atoms with Gasteiger partial charge in [0.25, 0.3) is 0 Å². The molecule has 5 N–H and O–H groups in total. The van der Waals surface area contributed by atoms with E-state index in [1.54, 1.807) is 41.3 Å². The van der Waals surface area contributed by atoms with E-state index < -0.39 is 28.2 Å². The molecule has 35 heavy (non-hydrogen) atoms. The fraction of sp³-hybridized carbons (Fsp3) is 0.227. The molecule has 1 aliphatic rings. The Morgan fingerprint density at radius 2 is 1.89 bits per heavy atom. The Balaban J connectivity index is 0.000000540. The van der Waals surface area contributed by atoms with Gasteiger partial charge in [0.15, 0.2) is 0 Å². The number of halogens is 3. The van der Waals surface area contributed by atoms with Crippen molar-refractivity contribution >= 4 is 33.8 Å². The van der Waals surface area contributed by atoms with Crippen molar-refractivity contribution in [2.45, 2.75) is 30.1 Å². The maximum Gasteiger partial charge on any atom is 0.490 e. The molecule has 3 rings (SSSR count). The number of nitrogens with two attached hydrogens (primary N) is 1. The predicted octanol–water partition coefficient (Wildman–Crippen LogP) is 2.33. The number of nitrogen functional groups attached to an aromatic ring is 1. The molecule has 0 aromatic heterocycles. The highest BCUT2D eigenvalue weighted by molar-refractivity contribution is 7.89. The largest absolute Gasteiger partial charge is 0.490 e. The third-order valence-electron chi connectivity index (χ3n) is 4.88. The standard InChI is InChI=1S/C20H22N4O3S.C2HF3O2/c1-2-15-7-3-4-9-18(15)28(26,27)23-17-10-11-24(20(17)25)13-14-6-5-8-16(12-14)19(21)22;3-2(4,5)1(6)7/h2-9,12,17,23H,1,10-11,13H2,(H3,21,22);(H,6,7)/t17-;/m0./s1. The van der Waals surface area contributed by atoms with E-state index in [2.05, 4.69) is 11.3 Å². The highest BCUT2D eigenvalue weighted by atomic mass is 32.2. The fourth-order valence-electron chi connectivity index (χ4n) is 3.21. The second-order valence-corrected chi connectivity index (χ2v) is 9.06. The second-order valence-electron chi connectivity index (χ2n) is 7.38. The number of hydrogen-bond acceptors (Lipinski definition) is 5. The average Bonchev–Trinajstić information content (AvgIpc) is 3.12. The van der Waals surface area contributed by atoms with Crippen LogP contribution in [0.15, 0.2) is 60.0 Å². The molecule has 1 heterocycles. The summed E-state index contributed by atoms with van der Waals surface area (Å²) in [4.78, 5) is 23.3. The monoisotopic (exact) mass is 512 g/mol. The number of rotatable bonds is 7. The van der Waals surface area contributed by atoms with E-state index in [1.807, 2.05) is 6.07 Å². The SMILES string of the molecule is C=Cc1ccccc1S(=O)(=O)N[C@H]1CCN(Cc2cccc(C(=N)N)c2)C1=O.O=C(O)C(F)(F)F. The van der Waals surface area contributed by atoms with E-state index in [9.17, 15) is 26.4 Å². The molecule has 0 spiro atoms. The number of carboxylic acids is 1. The normalized spacial score (nSPS) is 15.8. The van der Waals surface area contributed by atoms with Crippen molar-refractivity contribution in [3.8, 4) is 0 Å². The zero-order valence-corrected chi connectivity index (χ0v) is 19.1. The molecule has 1 aliphatic heterocycles. The zero-order valence-electron chi connectivity index (χ0n) is 18.2. The van der Waals surface area contributed by atoms with Gasteiger partial charge in [-0.25, -0.2) is 13.2 Å². The Morgan fingerprint density at radius 3 is 2.46 bits per heavy atom. The summed E-state index contributed by atoms with van der Waals surface area (Å²) < 4.78 is 59.7. The van der Waals surface area contributed by atoms with Crippen LogP contribution in [0.25, 0.3) is 6.08 Å². The van der Waals surface area contributed by atoms with Crippen molar-refractivity contribution in [3.63, 3.8) is 0 Å². The van der Waals surface area contributed by atoms with E-state index in [0.29, 0.717) is 30.6 Å². The first-order chi connectivity index (χ1) is 16.3. The number of aliphatic carboxylic acids is 1. The molecular formula is C22H23F3N4O5S. The number of benzene rings is 2. The lowest BCUT2D eigenvalue weighted by Crippen LogP contribution is -2.41. The minimum absolute atomic E-state index is 0.0406. The van der Waals surface area contributed by atoms with Gasteiger partial charge in [-0.3, -0.25) is 10.2 Å². The second kappa shape index (κ2) is 11.1. The van der Waals surface area contributed by atoms with Gasteiger partial charge < -0.3 is 15.7 Å². The summed E-state index contributed by atoms with van der Waals surface area (Å²) in [5, 5.41) is 14.6. The van der Waals surface area contributed by atoms with Crippen LogP contribution in [0.5, 0.6) is 0 Å². The van der Waals surface area contributed by atoms with Gasteiger partial charge in [-0.2, -0.15) is 17.9 Å². The number of alkyl halides is 3. The van der Waals surface area contributed by atoms with Crippen molar-refractivity contribution in [2.24, 2.45) is 5.73 Å². The van der Waals surface area contributed by atoms with Crippen molar-refractivity contribution in [1.29, 1.82) is 5.41 Å². The summed E-state index contributed by atoms with van der Waals surface area (Å²) in [5.74, 6) is -3.07. The van der Waals surface area contributed by atoms with Gasteiger partial charge in [0, 0.05) is 18.7 Å². The molecule has 0 unspecified atom stereocenters. The highest BCUT2D eigenvalue weighted by Gasteiger charge is 2.38. The van der Waals surface area contributed by atoms with Gasteiger partial charge in [-0.15, -0.1) is 0 Å². The number of nitrogens with zero attached hydrogens (tertiary/aromatic N) is 1. The average molecular weight is 513 g/mol. The van der Waals surface area contributed by atoms with E-state index in [4.69, 9.17) is 21.0 Å². The van der Waals surface area contributed by atoms with Crippen LogP contribution >= 0.6 is 0 Å². The lowest BCUT2D eigenvalue weighted by Gasteiger charge is -2.18. The lowest BCUT2D eigenvalue weighted by atomic mass is 10.1. The van der Waals surface area contributed by atoms with Crippen LogP contribution in [0.4, 0.5) is 13.2 Å². The third kappa shape index (κ3) is 7.39. The molecule has 0 radical (unpaired) electrons. The Morgan fingerprint density at radius 1 is 1.26 bits per heavy atom. The van der Waals surface area contributed by atoms with Gasteiger partial charge in [-0.1, -0.05) is 49.1 Å². The number of amides is 1. The summed E-state index contributed by atoms with van der Waals surface area (Å²) in [6.45, 7) is 4.42. The van der Waals surface area contributed by atoms with Gasteiger partial charge >= 0.3 is 12.1 Å². The fourth-order valence-corrected chi connectivity index (χ4v) is 4.65. The molecule has 2 aromatic rings. The first-order valence-corrected chi connectivity index (χ1v) is 11.5. The van der Waals surface area contributed by atoms with E-state index >= 15 is 0 Å². The molecule has 0 saturated carbocycles. The number of carbonyl (C=O) groups excluding carboxylic acids is 1. The first kappa shape index (κ1) is 27.5. The van der Waals surface area contributed by atoms with E-state index in [1.165, 1.54) is 12.1 Å². The zero-order chi connectivity index (χ0) is 26.4. The first-order valence-electron chi connectivity index (χ1n) is 10.0. The van der Waals surface area contributed by atoms with Crippen LogP contribution < -0.4 is 10.5 Å². The third-order valence-corrected chi connectivity index (χ3v) is 6.42. The number of carboxylic acid groups (broad SMARTS) is 1. The maximum atomic E-state index is 12.7. The molecule has 13 heteroatoms. The summed E-state index contributed by atoms with van der Waals surface area (Å²) in [6, 6.07) is 12.8. The highest BCUT2D eigenvalue weighted by Crippen LogP contribution is 2.21. The Labute approximate surface area is 199 Å². The Kier molecular flexibility index (Phi) is 8.77. The molecular weight excluding hydrogens is 489 g/mol. The van der Waals surface area contributed by atoms with Crippen molar-refractivity contribution in [2.75, 3.05) is 6.54 Å². The Bertz CT molecular complexity index is 1230. The topological polar surface area (TPSA) is 154 Å². The van der Waals surface area contributed by atoms with Crippen LogP contribution in [0, 0.1) is 5.41 Å². The summed E-state index contributed by atoms with van der Waals surface area (Å²) >= 11 is 0. The maximum absolute atomic E-state index is 12.7. The van der Waals surface area contributed by atoms with Crippen LogP contribution in [0.2, 0.25) is 0 Å². The quantitative estimate of drug-likeness (QED) is 0.330. The van der Waals surface area contributed by atoms with Gasteiger partial charge in [0.2, 0.25) is 15.9 Å². The minimum Gasteiger partial charge on any atom is -0.475 e. The van der Waals surface area contributed by atoms with Crippen molar-refractivity contribution in [3.05, 3.63) is 71.8 Å². The summed E-state index contributed by atoms with van der Waals surface area (Å²) in [6.07, 6.45) is -3.22.